The van der Waals surface area contributed by atoms with Crippen LogP contribution in [0.2, 0.25) is 0 Å². The zero-order valence-electron chi connectivity index (χ0n) is 50.7. The van der Waals surface area contributed by atoms with E-state index >= 15 is 0 Å². The average Bonchev–Trinajstić information content (AvgIpc) is 2.21. The van der Waals surface area contributed by atoms with E-state index in [1.807, 2.05) is 0 Å². The molecule has 9 aromatic rings. The van der Waals surface area contributed by atoms with Crippen molar-refractivity contribution in [3.8, 4) is 22.3 Å². The van der Waals surface area contributed by atoms with Gasteiger partial charge in [-0.05, 0) is 279 Å². The van der Waals surface area contributed by atoms with Crippen LogP contribution in [0.1, 0.15) is 172 Å². The van der Waals surface area contributed by atoms with Crippen LogP contribution in [0.3, 0.4) is 0 Å². The van der Waals surface area contributed by atoms with Gasteiger partial charge in [0.05, 0.1) is 56.6 Å². The minimum Gasteiger partial charge on any atom is -0.355 e. The summed E-state index contributed by atoms with van der Waals surface area (Å²) in [6.45, 7) is 35.9. The summed E-state index contributed by atoms with van der Waals surface area (Å²) in [7, 11) is 0. The van der Waals surface area contributed by atoms with Crippen molar-refractivity contribution in [3.63, 3.8) is 0 Å². The summed E-state index contributed by atoms with van der Waals surface area (Å²) >= 11 is 0. The molecule has 0 saturated carbocycles. The molecule has 6 aromatic heterocycles. The summed E-state index contributed by atoms with van der Waals surface area (Å²) in [6.07, 6.45) is 3.60. The summed E-state index contributed by atoms with van der Waals surface area (Å²) in [5, 5.41) is 4.61. The van der Waals surface area contributed by atoms with Crippen molar-refractivity contribution in [3.05, 3.63) is 175 Å². The van der Waals surface area contributed by atoms with Gasteiger partial charge in [-0.2, -0.15) is 0 Å². The molecule has 0 spiro atoms. The van der Waals surface area contributed by atoms with Crippen molar-refractivity contribution in [2.75, 3.05) is 0 Å². The third-order valence-electron chi connectivity index (χ3n) is 19.4. The van der Waals surface area contributed by atoms with Crippen molar-refractivity contribution >= 4 is 110 Å². The molecule has 4 aliphatic rings. The molecule has 0 amide bonds. The number of nitrogens with zero attached hydrogens (tertiary/aromatic N) is 4. The first-order chi connectivity index (χ1) is 39.4. The molecule has 4 N–H and O–H groups in total. The predicted octanol–water partition coefficient (Wildman–Crippen LogP) is 20.1. The topological polar surface area (TPSA) is 115 Å². The van der Waals surface area contributed by atoms with Gasteiger partial charge >= 0.3 is 0 Å². The lowest BCUT2D eigenvalue weighted by molar-refractivity contribution is 1.14. The minimum atomic E-state index is 0.895. The maximum Gasteiger partial charge on any atom is 0.0769 e. The maximum absolute atomic E-state index is 5.71. The molecule has 0 saturated heterocycles. The Morgan fingerprint density at radius 2 is 0.683 bits per heavy atom. The van der Waals surface area contributed by atoms with E-state index < -0.39 is 0 Å². The fourth-order valence-electron chi connectivity index (χ4n) is 13.8. The quantitative estimate of drug-likeness (QED) is 0.124. The third-order valence-corrected chi connectivity index (χ3v) is 19.4. The molecular formula is C74H74N8. The molecule has 82 heavy (non-hydrogen) atoms. The van der Waals surface area contributed by atoms with Crippen LogP contribution in [0.5, 0.6) is 0 Å². The van der Waals surface area contributed by atoms with Crippen molar-refractivity contribution < 1.29 is 0 Å². The molecule has 16 bridgehead atoms. The van der Waals surface area contributed by atoms with E-state index in [2.05, 4.69) is 216 Å². The first-order valence-electron chi connectivity index (χ1n) is 29.6. The number of rotatable bonds is 6. The van der Waals surface area contributed by atoms with Gasteiger partial charge in [0.15, 0.2) is 0 Å². The van der Waals surface area contributed by atoms with Crippen LogP contribution in [0, 0.1) is 41.5 Å². The molecule has 0 fully saturated rings. The molecule has 8 heteroatoms. The van der Waals surface area contributed by atoms with E-state index in [0.717, 1.165) is 170 Å². The molecule has 4 aliphatic heterocycles. The molecule has 3 aromatic carbocycles. The first kappa shape index (κ1) is 52.7. The van der Waals surface area contributed by atoms with Gasteiger partial charge in [0.2, 0.25) is 0 Å². The second kappa shape index (κ2) is 19.5. The Kier molecular flexibility index (Phi) is 12.6. The van der Waals surface area contributed by atoms with Crippen LogP contribution in [0.15, 0.2) is 84.9 Å². The zero-order chi connectivity index (χ0) is 57.5. The molecule has 0 aliphatic carbocycles. The second-order valence-electron chi connectivity index (χ2n) is 23.5. The van der Waals surface area contributed by atoms with Crippen LogP contribution in [-0.2, 0) is 12.8 Å². The van der Waals surface area contributed by atoms with Gasteiger partial charge in [-0.3, -0.25) is 0 Å². The van der Waals surface area contributed by atoms with E-state index in [-0.39, 0.29) is 0 Å². The van der Waals surface area contributed by atoms with Crippen LogP contribution >= 0.6 is 0 Å². The van der Waals surface area contributed by atoms with Gasteiger partial charge in [-0.15, -0.1) is 0 Å². The molecule has 10 heterocycles. The Hall–Kier alpha value is -8.62. The largest absolute Gasteiger partial charge is 0.355 e. The number of aryl methyl sites for hydroxylation is 8. The number of H-pyrrole nitrogens is 4. The molecule has 410 valence electrons. The fraction of sp³-hybridized carbons (Fsp3) is 0.270. The van der Waals surface area contributed by atoms with Gasteiger partial charge in [0.1, 0.15) is 0 Å². The normalized spacial score (nSPS) is 13.9. The van der Waals surface area contributed by atoms with Crippen LogP contribution in [0.4, 0.5) is 0 Å². The summed E-state index contributed by atoms with van der Waals surface area (Å²) in [6, 6.07) is 32.0. The highest BCUT2D eigenvalue weighted by Crippen LogP contribution is 2.47. The Bertz CT molecular complexity index is 4550. The first-order valence-corrected chi connectivity index (χ1v) is 29.6. The van der Waals surface area contributed by atoms with Crippen molar-refractivity contribution in [1.29, 1.82) is 0 Å². The third kappa shape index (κ3) is 7.91. The Morgan fingerprint density at radius 1 is 0.317 bits per heavy atom. The summed E-state index contributed by atoms with van der Waals surface area (Å²) in [4.78, 5) is 38.0. The number of aromatic amines is 4. The number of aromatic nitrogens is 8. The monoisotopic (exact) mass is 1070 g/mol. The minimum absolute atomic E-state index is 0.895. The van der Waals surface area contributed by atoms with E-state index in [4.69, 9.17) is 19.9 Å². The fourth-order valence-corrected chi connectivity index (χ4v) is 13.8. The van der Waals surface area contributed by atoms with Crippen LogP contribution in [-0.4, -0.2) is 39.9 Å². The molecule has 8 nitrogen and oxygen atoms in total. The Morgan fingerprint density at radius 3 is 1.06 bits per heavy atom. The number of hydrogen-bond donors (Lipinski definition) is 4. The molecular weight excluding hydrogens is 1000 g/mol. The lowest BCUT2D eigenvalue weighted by Crippen LogP contribution is -1.93. The predicted molar refractivity (Wildman–Crippen MR) is 351 cm³/mol. The van der Waals surface area contributed by atoms with Gasteiger partial charge in [-0.1, -0.05) is 64.1 Å². The standard InChI is InChI=1S/C74H74N8/c1-17-49-43(13)61-29-57-35(5)39(9)71(79-57)69(72-40(10)36(6)58(80-72)30-62-44(14)50(18-2)66(76-62)33-65(49)75-61)53-25-21-23-47-27-48-24-22-26-54(56(48)28-55(47)53)70-73-41(11)37(7)59(81-73)31-63-45(15)51(19-3)67(77-63)34-68-52(20-4)46(16)64(78-68)32-60-38(8)42(12)74(70)82-60/h21-34,75,77,80,82H,17-20H2,1-16H3. The van der Waals surface area contributed by atoms with Gasteiger partial charge in [-0.25, -0.2) is 19.9 Å². The summed E-state index contributed by atoms with van der Waals surface area (Å²) in [5.74, 6) is 0. The highest BCUT2D eigenvalue weighted by molar-refractivity contribution is 6.15. The molecule has 0 atom stereocenters. The lowest BCUT2D eigenvalue weighted by Gasteiger charge is -2.15. The van der Waals surface area contributed by atoms with E-state index in [0.29, 0.717) is 0 Å². The SMILES string of the molecule is CCC1=C(C)c2cc3[nH]c(c(C)c3C)c(-c3cccc4cc5cccc(-c6c7nc(cc8[nH]c(cc9nc(cc%10[nH]c6c(C)c%10C)C(C)=C9CC)c(CC)c8C)C(C)=C7C)c5cc34)c3nc(cc4[nH]c(cc1n2)c(CC)c4C)C(C)=C3C. The van der Waals surface area contributed by atoms with Gasteiger partial charge in [0.25, 0.3) is 0 Å². The number of benzene rings is 3. The van der Waals surface area contributed by atoms with Gasteiger partial charge < -0.3 is 19.9 Å². The maximum atomic E-state index is 5.71. The number of fused-ring (bicyclic) bond motifs is 18. The van der Waals surface area contributed by atoms with Crippen LogP contribution in [0.25, 0.3) is 133 Å². The summed E-state index contributed by atoms with van der Waals surface area (Å²) < 4.78 is 0. The number of nitrogens with one attached hydrogen (secondary N) is 4. The van der Waals surface area contributed by atoms with Crippen molar-refractivity contribution in [1.82, 2.24) is 39.9 Å². The highest BCUT2D eigenvalue weighted by atomic mass is 14.8. The van der Waals surface area contributed by atoms with E-state index in [1.165, 1.54) is 77.9 Å². The second-order valence-corrected chi connectivity index (χ2v) is 23.5. The average molecular weight is 1080 g/mol. The number of allylic oxidation sites excluding steroid dienone is 8. The molecule has 0 unspecified atom stereocenters. The highest BCUT2D eigenvalue weighted by Gasteiger charge is 2.27. The Balaban J connectivity index is 1.16. The number of hydrogen-bond acceptors (Lipinski definition) is 4. The summed E-state index contributed by atoms with van der Waals surface area (Å²) in [5.41, 5.74) is 40.5. The lowest BCUT2D eigenvalue weighted by atomic mass is 9.89. The van der Waals surface area contributed by atoms with Crippen molar-refractivity contribution in [2.24, 2.45) is 0 Å². The smallest absolute Gasteiger partial charge is 0.0769 e. The molecule has 13 rings (SSSR count). The van der Waals surface area contributed by atoms with Crippen molar-refractivity contribution in [2.45, 2.75) is 136 Å². The van der Waals surface area contributed by atoms with E-state index in [9.17, 15) is 0 Å². The Labute approximate surface area is 481 Å². The zero-order valence-corrected chi connectivity index (χ0v) is 50.7. The van der Waals surface area contributed by atoms with Gasteiger partial charge in [0, 0.05) is 44.2 Å². The van der Waals surface area contributed by atoms with Crippen LogP contribution < -0.4 is 0 Å². The molecule has 0 radical (unpaired) electrons. The van der Waals surface area contributed by atoms with E-state index in [1.54, 1.807) is 0 Å².